The van der Waals surface area contributed by atoms with Crippen LogP contribution >= 0.6 is 11.6 Å². The number of hydrogen-bond donors (Lipinski definition) is 2. The molecule has 4 aliphatic rings. The smallest absolute Gasteiger partial charge is 0.223 e. The Labute approximate surface area is 189 Å². The van der Waals surface area contributed by atoms with Crippen molar-refractivity contribution < 1.29 is 18.0 Å². The van der Waals surface area contributed by atoms with Crippen molar-refractivity contribution in [3.63, 3.8) is 0 Å². The third-order valence-electron chi connectivity index (χ3n) is 7.82. The lowest BCUT2D eigenvalue weighted by atomic mass is 9.45. The van der Waals surface area contributed by atoms with E-state index in [1.807, 2.05) is 0 Å². The lowest BCUT2D eigenvalue weighted by Crippen LogP contribution is -2.57. The van der Waals surface area contributed by atoms with Crippen LogP contribution in [0.2, 0.25) is 5.02 Å². The molecule has 3 N–H and O–H groups in total. The van der Waals surface area contributed by atoms with Gasteiger partial charge < -0.3 is 5.73 Å². The summed E-state index contributed by atoms with van der Waals surface area (Å²) in [5.41, 5.74) is 4.66. The molecule has 5 rings (SSSR count). The molecule has 1 aromatic rings. The second-order valence-corrected chi connectivity index (χ2v) is 12.6. The molecule has 4 saturated carbocycles. The molecule has 2 atom stereocenters. The molecule has 4 bridgehead atoms. The van der Waals surface area contributed by atoms with Crippen molar-refractivity contribution in [2.24, 2.45) is 34.8 Å². The standard InChI is InChI=1S/C23H31ClN2O4S/c1-22(2,26-31(29,30)13-15-5-3-4-6-19(15)24)20(27)9-18-16-7-14-8-17(18)12-23(10-14,11-16)21(25)28/h3-6,14,16-18,26H,7-13H2,1-2H3,(H2,25,28). The first kappa shape index (κ1) is 22.7. The maximum absolute atomic E-state index is 13.2. The van der Waals surface area contributed by atoms with Crippen molar-refractivity contribution in [3.8, 4) is 0 Å². The van der Waals surface area contributed by atoms with Gasteiger partial charge in [-0.25, -0.2) is 13.1 Å². The van der Waals surface area contributed by atoms with Crippen LogP contribution in [0.4, 0.5) is 0 Å². The first-order valence-corrected chi connectivity index (χ1v) is 13.0. The average Bonchev–Trinajstić information content (AvgIpc) is 2.64. The minimum atomic E-state index is -3.76. The summed E-state index contributed by atoms with van der Waals surface area (Å²) in [4.78, 5) is 25.4. The summed E-state index contributed by atoms with van der Waals surface area (Å²) in [5.74, 6) is 0.782. The number of benzene rings is 1. The number of nitrogens with one attached hydrogen (secondary N) is 1. The summed E-state index contributed by atoms with van der Waals surface area (Å²) in [6.07, 6.45) is 4.85. The maximum atomic E-state index is 13.2. The summed E-state index contributed by atoms with van der Waals surface area (Å²) >= 11 is 6.10. The van der Waals surface area contributed by atoms with E-state index in [2.05, 4.69) is 4.72 Å². The van der Waals surface area contributed by atoms with Crippen molar-refractivity contribution in [1.29, 1.82) is 0 Å². The van der Waals surface area contributed by atoms with Gasteiger partial charge in [-0.05, 0) is 81.3 Å². The third-order valence-corrected chi connectivity index (χ3v) is 9.70. The summed E-state index contributed by atoms with van der Waals surface area (Å²) in [7, 11) is -3.76. The van der Waals surface area contributed by atoms with Gasteiger partial charge in [0.15, 0.2) is 5.78 Å². The Morgan fingerprint density at radius 3 is 2.35 bits per heavy atom. The Morgan fingerprint density at radius 2 is 1.77 bits per heavy atom. The molecule has 0 radical (unpaired) electrons. The van der Waals surface area contributed by atoms with Crippen LogP contribution in [-0.2, 0) is 25.4 Å². The third kappa shape index (κ3) is 4.41. The Morgan fingerprint density at radius 1 is 1.16 bits per heavy atom. The number of Topliss-reactive ketones (excluding diaryl/α,β-unsaturated/α-hetero) is 1. The first-order chi connectivity index (χ1) is 14.4. The van der Waals surface area contributed by atoms with E-state index in [1.165, 1.54) is 0 Å². The molecule has 0 spiro atoms. The lowest BCUT2D eigenvalue weighted by Gasteiger charge is -2.59. The van der Waals surface area contributed by atoms with Gasteiger partial charge in [0, 0.05) is 16.9 Å². The van der Waals surface area contributed by atoms with Gasteiger partial charge >= 0.3 is 0 Å². The molecule has 31 heavy (non-hydrogen) atoms. The van der Waals surface area contributed by atoms with Crippen LogP contribution < -0.4 is 10.5 Å². The zero-order valence-corrected chi connectivity index (χ0v) is 19.6. The van der Waals surface area contributed by atoms with Crippen LogP contribution in [0, 0.1) is 29.1 Å². The normalized spacial score (nSPS) is 32.2. The lowest BCUT2D eigenvalue weighted by molar-refractivity contribution is -0.152. The highest BCUT2D eigenvalue weighted by Gasteiger charge is 2.58. The van der Waals surface area contributed by atoms with E-state index in [-0.39, 0.29) is 28.8 Å². The summed E-state index contributed by atoms with van der Waals surface area (Å²) in [5, 5.41) is 0.383. The Hall–Kier alpha value is -1.44. The molecule has 0 heterocycles. The minimum absolute atomic E-state index is 0.110. The molecule has 6 nitrogen and oxygen atoms in total. The second-order valence-electron chi connectivity index (χ2n) is 10.5. The highest BCUT2D eigenvalue weighted by atomic mass is 35.5. The fraction of sp³-hybridized carbons (Fsp3) is 0.652. The Balaban J connectivity index is 1.43. The predicted molar refractivity (Wildman–Crippen MR) is 120 cm³/mol. The molecule has 1 aromatic carbocycles. The van der Waals surface area contributed by atoms with E-state index < -0.39 is 15.6 Å². The monoisotopic (exact) mass is 466 g/mol. The van der Waals surface area contributed by atoms with Crippen LogP contribution in [0.3, 0.4) is 0 Å². The summed E-state index contributed by atoms with van der Waals surface area (Å²) < 4.78 is 28.1. The molecule has 8 heteroatoms. The minimum Gasteiger partial charge on any atom is -0.369 e. The molecule has 170 valence electrons. The van der Waals surface area contributed by atoms with E-state index in [1.54, 1.807) is 38.1 Å². The largest absolute Gasteiger partial charge is 0.369 e. The van der Waals surface area contributed by atoms with Gasteiger partial charge in [0.1, 0.15) is 0 Å². The highest BCUT2D eigenvalue weighted by molar-refractivity contribution is 7.88. The average molecular weight is 467 g/mol. The van der Waals surface area contributed by atoms with Crippen molar-refractivity contribution in [2.45, 2.75) is 63.7 Å². The number of halogens is 1. The number of amides is 1. The molecule has 2 unspecified atom stereocenters. The molecule has 0 aromatic heterocycles. The highest BCUT2D eigenvalue weighted by Crippen LogP contribution is 2.62. The number of carbonyl (C=O) groups excluding carboxylic acids is 2. The van der Waals surface area contributed by atoms with Gasteiger partial charge in [0.25, 0.3) is 0 Å². The molecule has 4 aliphatic carbocycles. The van der Waals surface area contributed by atoms with E-state index in [9.17, 15) is 18.0 Å². The number of rotatable bonds is 8. The van der Waals surface area contributed by atoms with Crippen molar-refractivity contribution in [3.05, 3.63) is 34.9 Å². The van der Waals surface area contributed by atoms with Crippen molar-refractivity contribution in [1.82, 2.24) is 4.72 Å². The van der Waals surface area contributed by atoms with E-state index in [0.717, 1.165) is 32.1 Å². The maximum Gasteiger partial charge on any atom is 0.223 e. The van der Waals surface area contributed by atoms with Crippen LogP contribution in [0.15, 0.2) is 24.3 Å². The number of ketones is 1. The first-order valence-electron chi connectivity index (χ1n) is 11.0. The van der Waals surface area contributed by atoms with Gasteiger partial charge in [-0.1, -0.05) is 29.8 Å². The predicted octanol–water partition coefficient (Wildman–Crippen LogP) is 3.43. The number of sulfonamides is 1. The van der Waals surface area contributed by atoms with Crippen molar-refractivity contribution >= 4 is 33.3 Å². The quantitative estimate of drug-likeness (QED) is 0.612. The summed E-state index contributed by atoms with van der Waals surface area (Å²) in [6, 6.07) is 6.79. The van der Waals surface area contributed by atoms with E-state index in [0.29, 0.717) is 34.8 Å². The molecule has 0 aliphatic heterocycles. The van der Waals surface area contributed by atoms with Crippen LogP contribution in [0.25, 0.3) is 0 Å². The second kappa shape index (κ2) is 7.85. The van der Waals surface area contributed by atoms with Crippen molar-refractivity contribution in [2.75, 3.05) is 0 Å². The van der Waals surface area contributed by atoms with Gasteiger partial charge in [-0.2, -0.15) is 0 Å². The zero-order chi connectivity index (χ0) is 22.6. The van der Waals surface area contributed by atoms with Crippen LogP contribution in [0.1, 0.15) is 57.9 Å². The fourth-order valence-corrected chi connectivity index (χ4v) is 8.44. The van der Waals surface area contributed by atoms with Gasteiger partial charge in [-0.3, -0.25) is 9.59 Å². The Kier molecular flexibility index (Phi) is 5.76. The zero-order valence-electron chi connectivity index (χ0n) is 18.1. The number of primary amides is 1. The topological polar surface area (TPSA) is 106 Å². The molecule has 4 fully saturated rings. The molecule has 0 saturated heterocycles. The van der Waals surface area contributed by atoms with E-state index >= 15 is 0 Å². The fourth-order valence-electron chi connectivity index (χ4n) is 6.54. The number of nitrogens with two attached hydrogens (primary N) is 1. The van der Waals surface area contributed by atoms with Gasteiger partial charge in [-0.15, -0.1) is 0 Å². The van der Waals surface area contributed by atoms with E-state index in [4.69, 9.17) is 17.3 Å². The molecular formula is C23H31ClN2O4S. The van der Waals surface area contributed by atoms with Crippen LogP contribution in [0.5, 0.6) is 0 Å². The molecular weight excluding hydrogens is 436 g/mol. The van der Waals surface area contributed by atoms with Crippen LogP contribution in [-0.4, -0.2) is 25.6 Å². The van der Waals surface area contributed by atoms with Gasteiger partial charge in [0.05, 0.1) is 11.3 Å². The summed E-state index contributed by atoms with van der Waals surface area (Å²) in [6.45, 7) is 3.25. The Bertz CT molecular complexity index is 991. The van der Waals surface area contributed by atoms with Gasteiger partial charge in [0.2, 0.25) is 15.9 Å². The SMILES string of the molecule is CC(C)(NS(=O)(=O)Cc1ccccc1Cl)C(=O)CC1C2CC3CC1CC(C(N)=O)(C3)C2. The number of carbonyl (C=O) groups is 2. The number of hydrogen-bond acceptors (Lipinski definition) is 4. The molecule has 1 amide bonds.